The number of anilines is 1. The van der Waals surface area contributed by atoms with Gasteiger partial charge in [0.05, 0.1) is 12.0 Å². The molecule has 146 valence electrons. The van der Waals surface area contributed by atoms with E-state index < -0.39 is 17.9 Å². The number of esters is 1. The highest BCUT2D eigenvalue weighted by Gasteiger charge is 2.36. The molecule has 1 heterocycles. The van der Waals surface area contributed by atoms with Crippen molar-refractivity contribution in [1.82, 2.24) is 10.5 Å². The fraction of sp³-hybridized carbons (Fsp3) is 0.222. The minimum atomic E-state index is -1.20. The summed E-state index contributed by atoms with van der Waals surface area (Å²) in [5.41, 5.74) is 0.295. The predicted octanol–water partition coefficient (Wildman–Crippen LogP) is 2.13. The van der Waals surface area contributed by atoms with Crippen LogP contribution in [0.5, 0.6) is 0 Å². The van der Waals surface area contributed by atoms with Crippen molar-refractivity contribution in [2.75, 3.05) is 24.7 Å². The van der Waals surface area contributed by atoms with Crippen LogP contribution < -0.4 is 10.6 Å². The second-order valence-corrected chi connectivity index (χ2v) is 6.80. The topological polar surface area (TPSA) is 131 Å². The van der Waals surface area contributed by atoms with Gasteiger partial charge < -0.3 is 25.0 Å². The maximum atomic E-state index is 12.6. The van der Waals surface area contributed by atoms with Crippen LogP contribution in [0.15, 0.2) is 45.8 Å². The Morgan fingerprint density at radius 2 is 2.07 bits per heavy atom. The fourth-order valence-corrected chi connectivity index (χ4v) is 3.40. The molecule has 0 fully saturated rings. The molecule has 0 radical (unpaired) electrons. The van der Waals surface area contributed by atoms with Crippen molar-refractivity contribution in [2.24, 2.45) is 0 Å². The molecule has 3 rings (SSSR count). The van der Waals surface area contributed by atoms with Gasteiger partial charge in [0.1, 0.15) is 11.7 Å². The Labute approximate surface area is 164 Å². The average molecular weight is 403 g/mol. The predicted molar refractivity (Wildman–Crippen MR) is 101 cm³/mol. The highest BCUT2D eigenvalue weighted by Crippen LogP contribution is 2.35. The zero-order valence-electron chi connectivity index (χ0n) is 14.8. The molecule has 28 heavy (non-hydrogen) atoms. The number of allylic oxidation sites excluding steroid dienone is 1. The minimum absolute atomic E-state index is 0.0879. The number of hydrogen-bond donors (Lipinski definition) is 3. The van der Waals surface area contributed by atoms with Crippen LogP contribution in [-0.2, 0) is 4.74 Å². The average Bonchev–Trinajstić information content (AvgIpc) is 3.15. The van der Waals surface area contributed by atoms with Gasteiger partial charge in [-0.05, 0) is 18.2 Å². The summed E-state index contributed by atoms with van der Waals surface area (Å²) in [4.78, 5) is 36.4. The summed E-state index contributed by atoms with van der Waals surface area (Å²) in [6.45, 7) is 0.282. The van der Waals surface area contributed by atoms with Gasteiger partial charge in [-0.15, -0.1) is 11.8 Å². The Kier molecular flexibility index (Phi) is 6.12. The first-order valence-corrected chi connectivity index (χ1v) is 9.25. The molecule has 3 N–H and O–H groups in total. The number of amides is 2. The summed E-state index contributed by atoms with van der Waals surface area (Å²) in [5.74, 6) is -1.02. The van der Waals surface area contributed by atoms with E-state index >= 15 is 0 Å². The van der Waals surface area contributed by atoms with Crippen molar-refractivity contribution in [3.8, 4) is 0 Å². The molecule has 1 aromatic heterocycles. The number of rotatable bonds is 6. The monoisotopic (exact) mass is 403 g/mol. The van der Waals surface area contributed by atoms with E-state index in [4.69, 9.17) is 4.52 Å². The summed E-state index contributed by atoms with van der Waals surface area (Å²) >= 11 is 1.14. The van der Waals surface area contributed by atoms with Crippen LogP contribution in [0.3, 0.4) is 0 Å². The van der Waals surface area contributed by atoms with Crippen molar-refractivity contribution in [3.05, 3.63) is 58.3 Å². The number of methoxy groups -OCH3 is 1. The number of carbonyl (C=O) groups excluding carboxylic acids is 3. The second kappa shape index (κ2) is 8.72. The molecule has 1 aromatic carbocycles. The van der Waals surface area contributed by atoms with Crippen LogP contribution in [0, 0.1) is 0 Å². The summed E-state index contributed by atoms with van der Waals surface area (Å²) in [6, 6.07) is 8.60. The zero-order chi connectivity index (χ0) is 20.1. The van der Waals surface area contributed by atoms with Crippen LogP contribution in [-0.4, -0.2) is 47.5 Å². The Hall–Kier alpha value is -3.11. The first-order valence-electron chi connectivity index (χ1n) is 8.26. The number of para-hydroxylation sites is 1. The Balaban J connectivity index is 1.55. The number of aromatic nitrogens is 1. The van der Waals surface area contributed by atoms with Gasteiger partial charge in [-0.25, -0.2) is 9.59 Å². The Morgan fingerprint density at radius 1 is 1.32 bits per heavy atom. The molecular formula is C18H17N3O6S. The number of benzene rings is 1. The van der Waals surface area contributed by atoms with Crippen molar-refractivity contribution in [1.29, 1.82) is 0 Å². The minimum Gasteiger partial charge on any atom is -0.464 e. The van der Waals surface area contributed by atoms with E-state index in [2.05, 4.69) is 20.5 Å². The number of Topliss-reactive ketones (excluding diaryl/α,β-unsaturated/α-hetero) is 1. The van der Waals surface area contributed by atoms with E-state index in [0.29, 0.717) is 11.4 Å². The third-order valence-electron chi connectivity index (χ3n) is 3.80. The molecule has 0 aliphatic heterocycles. The second-order valence-electron chi connectivity index (χ2n) is 5.66. The third-order valence-corrected chi connectivity index (χ3v) is 4.84. The number of nitrogens with one attached hydrogen (secondary N) is 2. The first-order chi connectivity index (χ1) is 13.5. The van der Waals surface area contributed by atoms with E-state index in [1.54, 1.807) is 24.3 Å². The number of nitrogens with zero attached hydrogens (tertiary/aromatic N) is 1. The number of ketones is 1. The van der Waals surface area contributed by atoms with E-state index in [1.807, 2.05) is 6.07 Å². The molecule has 2 aromatic rings. The van der Waals surface area contributed by atoms with E-state index in [0.717, 1.165) is 18.9 Å². The molecule has 1 unspecified atom stereocenters. The van der Waals surface area contributed by atoms with Crippen LogP contribution in [0.1, 0.15) is 32.7 Å². The normalized spacial score (nSPS) is 15.4. The Morgan fingerprint density at radius 3 is 2.79 bits per heavy atom. The summed E-state index contributed by atoms with van der Waals surface area (Å²) < 4.78 is 9.49. The Bertz CT molecular complexity index is 925. The van der Waals surface area contributed by atoms with Gasteiger partial charge in [0.2, 0.25) is 11.5 Å². The largest absolute Gasteiger partial charge is 0.464 e. The van der Waals surface area contributed by atoms with Gasteiger partial charge in [-0.3, -0.25) is 4.79 Å². The van der Waals surface area contributed by atoms with Crippen molar-refractivity contribution in [3.63, 3.8) is 0 Å². The number of aliphatic hydroxyl groups is 1. The maximum absolute atomic E-state index is 12.6. The SMILES string of the molecule is COC(=O)c1noc2c1C(=O)C(SCCNC(=O)Nc1ccccc1)=CC2O. The highest BCUT2D eigenvalue weighted by atomic mass is 32.2. The number of ether oxygens (including phenoxy) is 1. The molecule has 10 heteroatoms. The molecule has 0 saturated heterocycles. The van der Waals surface area contributed by atoms with Crippen molar-refractivity contribution in [2.45, 2.75) is 6.10 Å². The third kappa shape index (κ3) is 4.24. The lowest BCUT2D eigenvalue weighted by molar-refractivity contribution is 0.0586. The number of urea groups is 1. The standard InChI is InChI=1S/C18H17N3O6S/c1-26-17(24)14-13-15(23)12(9-11(22)16(13)27-21-14)28-8-7-19-18(25)20-10-5-3-2-4-6-10/h2-6,9,11,22H,7-8H2,1H3,(H2,19,20,25). The van der Waals surface area contributed by atoms with E-state index in [9.17, 15) is 19.5 Å². The molecule has 0 saturated carbocycles. The number of aliphatic hydroxyl groups excluding tert-OH is 1. The van der Waals surface area contributed by atoms with Gasteiger partial charge in [0.25, 0.3) is 0 Å². The van der Waals surface area contributed by atoms with Gasteiger partial charge >= 0.3 is 12.0 Å². The quantitative estimate of drug-likeness (QED) is 0.494. The van der Waals surface area contributed by atoms with E-state index in [1.165, 1.54) is 6.08 Å². The summed E-state index contributed by atoms with van der Waals surface area (Å²) in [7, 11) is 1.16. The molecule has 2 amide bonds. The van der Waals surface area contributed by atoms with E-state index in [-0.39, 0.29) is 34.5 Å². The van der Waals surface area contributed by atoms with Crippen LogP contribution in [0.2, 0.25) is 0 Å². The molecular weight excluding hydrogens is 386 g/mol. The van der Waals surface area contributed by atoms with Crippen molar-refractivity contribution < 1.29 is 28.8 Å². The highest BCUT2D eigenvalue weighted by molar-refractivity contribution is 8.04. The molecule has 0 spiro atoms. The van der Waals surface area contributed by atoms with Crippen molar-refractivity contribution >= 4 is 35.2 Å². The molecule has 1 atom stereocenters. The van der Waals surface area contributed by atoms with Gasteiger partial charge in [-0.1, -0.05) is 23.4 Å². The maximum Gasteiger partial charge on any atom is 0.361 e. The lowest BCUT2D eigenvalue weighted by Gasteiger charge is -2.15. The van der Waals surface area contributed by atoms with Gasteiger partial charge in [0.15, 0.2) is 5.76 Å². The number of thioether (sulfide) groups is 1. The van der Waals surface area contributed by atoms with Crippen LogP contribution in [0.25, 0.3) is 0 Å². The van der Waals surface area contributed by atoms with Crippen LogP contribution >= 0.6 is 11.8 Å². The first kappa shape index (κ1) is 19.6. The molecule has 1 aliphatic rings. The summed E-state index contributed by atoms with van der Waals surface area (Å²) in [6.07, 6.45) is 0.126. The lowest BCUT2D eigenvalue weighted by atomic mass is 9.99. The lowest BCUT2D eigenvalue weighted by Crippen LogP contribution is -2.30. The summed E-state index contributed by atoms with van der Waals surface area (Å²) in [5, 5.41) is 19.0. The fourth-order valence-electron chi connectivity index (χ4n) is 2.51. The number of hydrogen-bond acceptors (Lipinski definition) is 8. The molecule has 1 aliphatic carbocycles. The molecule has 9 nitrogen and oxygen atoms in total. The van der Waals surface area contributed by atoms with Crippen LogP contribution in [0.4, 0.5) is 10.5 Å². The zero-order valence-corrected chi connectivity index (χ0v) is 15.6. The molecule has 0 bridgehead atoms. The van der Waals surface area contributed by atoms with Gasteiger partial charge in [0, 0.05) is 18.0 Å². The number of fused-ring (bicyclic) bond motifs is 1. The number of carbonyl (C=O) groups is 3. The smallest absolute Gasteiger partial charge is 0.361 e. The van der Waals surface area contributed by atoms with Gasteiger partial charge in [-0.2, -0.15) is 0 Å².